The van der Waals surface area contributed by atoms with Crippen LogP contribution in [0.4, 0.5) is 5.69 Å². The zero-order chi connectivity index (χ0) is 8.55. The Balaban J connectivity index is 2.84. The lowest BCUT2D eigenvalue weighted by atomic mass is 10.2. The number of aryl methyl sites for hydroxylation is 1. The van der Waals surface area contributed by atoms with E-state index in [9.17, 15) is 0 Å². The summed E-state index contributed by atoms with van der Waals surface area (Å²) in [6, 6.07) is 0. The number of aromatic nitrogens is 2. The molecule has 12 heavy (non-hydrogen) atoms. The minimum Gasteiger partial charge on any atom is -0.397 e. The van der Waals surface area contributed by atoms with Crippen LogP contribution in [0.2, 0.25) is 0 Å². The Hall–Kier alpha value is -1.16. The van der Waals surface area contributed by atoms with Crippen LogP contribution in [0.3, 0.4) is 0 Å². The molecular weight excluding hydrogens is 170 g/mol. The highest BCUT2D eigenvalue weighted by atomic mass is 32.1. The lowest BCUT2D eigenvalue weighted by Crippen LogP contribution is -1.91. The molecule has 2 heterocycles. The number of nitrogens with zero attached hydrogens (tertiary/aromatic N) is 2. The molecule has 0 aromatic carbocycles. The minimum atomic E-state index is 0.799. The van der Waals surface area contributed by atoms with Gasteiger partial charge in [0.25, 0.3) is 0 Å². The molecule has 3 nitrogen and oxygen atoms in total. The number of thiophene rings is 1. The minimum absolute atomic E-state index is 0.799. The van der Waals surface area contributed by atoms with Crippen molar-refractivity contribution in [2.75, 3.05) is 5.73 Å². The van der Waals surface area contributed by atoms with E-state index in [4.69, 9.17) is 5.73 Å². The second kappa shape index (κ2) is 2.71. The summed E-state index contributed by atoms with van der Waals surface area (Å²) < 4.78 is 0. The molecule has 4 heteroatoms. The molecule has 0 bridgehead atoms. The summed E-state index contributed by atoms with van der Waals surface area (Å²) in [5.74, 6) is 0. The van der Waals surface area contributed by atoms with Gasteiger partial charge in [0.1, 0.15) is 11.2 Å². The SMILES string of the molecule is CCc1ncnc2scc(N)c12. The van der Waals surface area contributed by atoms with E-state index < -0.39 is 0 Å². The summed E-state index contributed by atoms with van der Waals surface area (Å²) >= 11 is 1.57. The van der Waals surface area contributed by atoms with Gasteiger partial charge in [-0.2, -0.15) is 0 Å². The van der Waals surface area contributed by atoms with Crippen LogP contribution in [0.5, 0.6) is 0 Å². The molecule has 62 valence electrons. The molecule has 2 aromatic heterocycles. The van der Waals surface area contributed by atoms with Gasteiger partial charge < -0.3 is 5.73 Å². The first-order valence-corrected chi connectivity index (χ1v) is 4.67. The fourth-order valence-electron chi connectivity index (χ4n) is 1.23. The summed E-state index contributed by atoms with van der Waals surface area (Å²) in [4.78, 5) is 9.30. The van der Waals surface area contributed by atoms with E-state index in [1.165, 1.54) is 0 Å². The predicted molar refractivity (Wildman–Crippen MR) is 51.2 cm³/mol. The zero-order valence-corrected chi connectivity index (χ0v) is 7.56. The van der Waals surface area contributed by atoms with E-state index >= 15 is 0 Å². The molecule has 0 atom stereocenters. The van der Waals surface area contributed by atoms with E-state index in [1.807, 2.05) is 5.38 Å². The zero-order valence-electron chi connectivity index (χ0n) is 6.74. The normalized spacial score (nSPS) is 10.8. The van der Waals surface area contributed by atoms with E-state index in [1.54, 1.807) is 17.7 Å². The van der Waals surface area contributed by atoms with Gasteiger partial charge in [0.05, 0.1) is 16.8 Å². The number of hydrogen-bond donors (Lipinski definition) is 1. The van der Waals surface area contributed by atoms with Crippen LogP contribution < -0.4 is 5.73 Å². The van der Waals surface area contributed by atoms with Crippen molar-refractivity contribution in [3.05, 3.63) is 17.4 Å². The Morgan fingerprint density at radius 3 is 3.08 bits per heavy atom. The number of rotatable bonds is 1. The highest BCUT2D eigenvalue weighted by Crippen LogP contribution is 2.27. The van der Waals surface area contributed by atoms with Crippen molar-refractivity contribution in [2.24, 2.45) is 0 Å². The number of anilines is 1. The van der Waals surface area contributed by atoms with Gasteiger partial charge in [0, 0.05) is 5.38 Å². The molecule has 2 aromatic rings. The second-order valence-electron chi connectivity index (χ2n) is 2.55. The summed E-state index contributed by atoms with van der Waals surface area (Å²) in [5.41, 5.74) is 7.62. The number of nitrogen functional groups attached to an aromatic ring is 1. The van der Waals surface area contributed by atoms with Gasteiger partial charge in [-0.15, -0.1) is 11.3 Å². The average Bonchev–Trinajstić information content (AvgIpc) is 2.48. The van der Waals surface area contributed by atoms with Gasteiger partial charge in [-0.3, -0.25) is 0 Å². The van der Waals surface area contributed by atoms with Gasteiger partial charge in [-0.1, -0.05) is 6.92 Å². The van der Waals surface area contributed by atoms with Crippen LogP contribution in [-0.4, -0.2) is 9.97 Å². The van der Waals surface area contributed by atoms with Crippen LogP contribution >= 0.6 is 11.3 Å². The molecule has 0 aliphatic rings. The van der Waals surface area contributed by atoms with Crippen molar-refractivity contribution in [1.29, 1.82) is 0 Å². The third-order valence-electron chi connectivity index (χ3n) is 1.81. The Bertz CT molecular complexity index is 408. The van der Waals surface area contributed by atoms with Gasteiger partial charge in [0.15, 0.2) is 0 Å². The van der Waals surface area contributed by atoms with E-state index in [2.05, 4.69) is 16.9 Å². The topological polar surface area (TPSA) is 51.8 Å². The summed E-state index contributed by atoms with van der Waals surface area (Å²) in [6.07, 6.45) is 2.50. The van der Waals surface area contributed by atoms with E-state index in [-0.39, 0.29) is 0 Å². The quantitative estimate of drug-likeness (QED) is 0.726. The lowest BCUT2D eigenvalue weighted by molar-refractivity contribution is 1.03. The molecule has 0 spiro atoms. The lowest BCUT2D eigenvalue weighted by Gasteiger charge is -1.97. The second-order valence-corrected chi connectivity index (χ2v) is 3.40. The summed E-state index contributed by atoms with van der Waals surface area (Å²) in [7, 11) is 0. The van der Waals surface area contributed by atoms with Crippen molar-refractivity contribution in [2.45, 2.75) is 13.3 Å². The van der Waals surface area contributed by atoms with Crippen molar-refractivity contribution in [3.63, 3.8) is 0 Å². The number of nitrogens with two attached hydrogens (primary N) is 1. The third-order valence-corrected chi connectivity index (χ3v) is 2.72. The van der Waals surface area contributed by atoms with Crippen molar-refractivity contribution < 1.29 is 0 Å². The van der Waals surface area contributed by atoms with Crippen LogP contribution in [0.15, 0.2) is 11.7 Å². The molecule has 0 saturated heterocycles. The number of hydrogen-bond acceptors (Lipinski definition) is 4. The largest absolute Gasteiger partial charge is 0.397 e. The molecule has 2 N–H and O–H groups in total. The molecule has 0 radical (unpaired) electrons. The maximum Gasteiger partial charge on any atom is 0.129 e. The molecule has 2 rings (SSSR count). The number of fused-ring (bicyclic) bond motifs is 1. The Labute approximate surface area is 74.3 Å². The molecule has 0 amide bonds. The van der Waals surface area contributed by atoms with Gasteiger partial charge >= 0.3 is 0 Å². The first-order valence-electron chi connectivity index (χ1n) is 3.79. The van der Waals surface area contributed by atoms with Gasteiger partial charge in [-0.25, -0.2) is 9.97 Å². The summed E-state index contributed by atoms with van der Waals surface area (Å²) in [6.45, 7) is 2.07. The first-order chi connectivity index (χ1) is 5.83. The predicted octanol–water partition coefficient (Wildman–Crippen LogP) is 1.84. The molecule has 0 unspecified atom stereocenters. The Morgan fingerprint density at radius 1 is 1.50 bits per heavy atom. The highest BCUT2D eigenvalue weighted by molar-refractivity contribution is 7.17. The van der Waals surface area contributed by atoms with Crippen LogP contribution in [0.1, 0.15) is 12.6 Å². The average molecular weight is 179 g/mol. The maximum atomic E-state index is 5.78. The fourth-order valence-corrected chi connectivity index (χ4v) is 2.05. The molecular formula is C8H9N3S. The van der Waals surface area contributed by atoms with Gasteiger partial charge in [-0.05, 0) is 6.42 Å². The van der Waals surface area contributed by atoms with Crippen LogP contribution in [0, 0.1) is 0 Å². The Morgan fingerprint density at radius 2 is 2.33 bits per heavy atom. The van der Waals surface area contributed by atoms with Gasteiger partial charge in [0.2, 0.25) is 0 Å². The van der Waals surface area contributed by atoms with E-state index in [0.717, 1.165) is 28.0 Å². The molecule has 0 aliphatic heterocycles. The summed E-state index contributed by atoms with van der Waals surface area (Å²) in [5, 5.41) is 2.95. The van der Waals surface area contributed by atoms with Crippen molar-refractivity contribution in [3.8, 4) is 0 Å². The van der Waals surface area contributed by atoms with Crippen molar-refractivity contribution in [1.82, 2.24) is 9.97 Å². The maximum absolute atomic E-state index is 5.78. The van der Waals surface area contributed by atoms with E-state index in [0.29, 0.717) is 0 Å². The standard InChI is InChI=1S/C8H9N3S/c1-2-6-7-5(9)3-12-8(7)11-4-10-6/h3-4H,2,9H2,1H3. The van der Waals surface area contributed by atoms with Crippen molar-refractivity contribution >= 4 is 27.2 Å². The Kier molecular flexibility index (Phi) is 1.69. The molecule has 0 fully saturated rings. The molecule has 0 saturated carbocycles. The molecule has 0 aliphatic carbocycles. The van der Waals surface area contributed by atoms with Crippen LogP contribution in [0.25, 0.3) is 10.2 Å². The fraction of sp³-hybridized carbons (Fsp3) is 0.250. The monoisotopic (exact) mass is 179 g/mol. The highest BCUT2D eigenvalue weighted by Gasteiger charge is 2.06. The third kappa shape index (κ3) is 0.956. The smallest absolute Gasteiger partial charge is 0.129 e. The van der Waals surface area contributed by atoms with Crippen LogP contribution in [-0.2, 0) is 6.42 Å². The first kappa shape index (κ1) is 7.49.